The molecule has 0 amide bonds. The van der Waals surface area contributed by atoms with E-state index in [1.54, 1.807) is 18.2 Å². The van der Waals surface area contributed by atoms with Gasteiger partial charge in [0.1, 0.15) is 16.7 Å². The Labute approximate surface area is 159 Å². The van der Waals surface area contributed by atoms with Crippen LogP contribution < -0.4 is 5.32 Å². The zero-order valence-corrected chi connectivity index (χ0v) is 15.5. The van der Waals surface area contributed by atoms with Gasteiger partial charge in [0.05, 0.1) is 10.7 Å². The molecule has 0 bridgehead atoms. The monoisotopic (exact) mass is 386 g/mol. The minimum absolute atomic E-state index is 0.373. The molecule has 3 aromatic rings. The van der Waals surface area contributed by atoms with Gasteiger partial charge in [-0.2, -0.15) is 5.26 Å². The highest BCUT2D eigenvalue weighted by Crippen LogP contribution is 2.32. The second kappa shape index (κ2) is 7.75. The number of hydrogen-bond acceptors (Lipinski definition) is 5. The van der Waals surface area contributed by atoms with Gasteiger partial charge < -0.3 is 5.32 Å². The van der Waals surface area contributed by atoms with E-state index in [-0.39, 0.29) is 0 Å². The molecule has 0 aliphatic carbocycles. The van der Waals surface area contributed by atoms with E-state index < -0.39 is 0 Å². The molecule has 0 saturated heterocycles. The predicted molar refractivity (Wildman–Crippen MR) is 104 cm³/mol. The second-order valence-corrected chi connectivity index (χ2v) is 6.65. The van der Waals surface area contributed by atoms with E-state index in [9.17, 15) is 5.26 Å². The maximum Gasteiger partial charge on any atom is 0.162 e. The standard InChI is InChI=1S/C18H12Cl2N4S/c1-25-18-13(10-21)17(22-15-8-7-12(19)9-14(15)20)23-16(24-18)11-5-3-2-4-6-11/h2-9H,1H3,(H,22,23,24). The molecule has 1 aromatic heterocycles. The summed E-state index contributed by atoms with van der Waals surface area (Å²) < 4.78 is 0. The Kier molecular flexibility index (Phi) is 5.44. The molecule has 25 heavy (non-hydrogen) atoms. The minimum atomic E-state index is 0.373. The maximum atomic E-state index is 9.55. The molecule has 0 aliphatic heterocycles. The van der Waals surface area contributed by atoms with Gasteiger partial charge in [-0.05, 0) is 24.5 Å². The molecule has 4 nitrogen and oxygen atoms in total. The Hall–Kier alpha value is -2.26. The lowest BCUT2D eigenvalue weighted by molar-refractivity contribution is 1.05. The molecule has 124 valence electrons. The summed E-state index contributed by atoms with van der Waals surface area (Å²) in [6, 6.07) is 16.9. The van der Waals surface area contributed by atoms with Gasteiger partial charge in [-0.25, -0.2) is 9.97 Å². The van der Waals surface area contributed by atoms with Crippen LogP contribution in [0.2, 0.25) is 10.0 Å². The Morgan fingerprint density at radius 2 is 1.84 bits per heavy atom. The van der Waals surface area contributed by atoms with Crippen molar-refractivity contribution in [1.82, 2.24) is 9.97 Å². The maximum absolute atomic E-state index is 9.55. The fourth-order valence-electron chi connectivity index (χ4n) is 2.21. The van der Waals surface area contributed by atoms with E-state index >= 15 is 0 Å². The normalized spacial score (nSPS) is 10.3. The van der Waals surface area contributed by atoms with Crippen LogP contribution in [0, 0.1) is 11.3 Å². The molecule has 0 fully saturated rings. The van der Waals surface area contributed by atoms with Crippen molar-refractivity contribution < 1.29 is 0 Å². The molecular formula is C18H12Cl2N4S. The van der Waals surface area contributed by atoms with Crippen LogP contribution in [0.4, 0.5) is 11.5 Å². The van der Waals surface area contributed by atoms with Crippen molar-refractivity contribution in [3.8, 4) is 17.5 Å². The molecule has 0 radical (unpaired) electrons. The second-order valence-electron chi connectivity index (χ2n) is 5.01. The van der Waals surface area contributed by atoms with E-state index in [0.29, 0.717) is 38.0 Å². The van der Waals surface area contributed by atoms with Crippen molar-refractivity contribution >= 4 is 46.5 Å². The fourth-order valence-corrected chi connectivity index (χ4v) is 3.19. The molecule has 1 N–H and O–H groups in total. The SMILES string of the molecule is CSc1nc(-c2ccccc2)nc(Nc2ccc(Cl)cc2Cl)c1C#N. The molecule has 3 rings (SSSR count). The van der Waals surface area contributed by atoms with E-state index in [2.05, 4.69) is 21.4 Å². The van der Waals surface area contributed by atoms with Gasteiger partial charge in [0, 0.05) is 10.6 Å². The van der Waals surface area contributed by atoms with Gasteiger partial charge in [0.25, 0.3) is 0 Å². The van der Waals surface area contributed by atoms with Crippen LogP contribution in [-0.4, -0.2) is 16.2 Å². The van der Waals surface area contributed by atoms with Gasteiger partial charge in [0.15, 0.2) is 11.6 Å². The molecule has 1 heterocycles. The third-order valence-corrected chi connectivity index (χ3v) is 4.63. The van der Waals surface area contributed by atoms with Gasteiger partial charge >= 0.3 is 0 Å². The van der Waals surface area contributed by atoms with E-state index in [1.165, 1.54) is 11.8 Å². The van der Waals surface area contributed by atoms with Crippen LogP contribution in [0.1, 0.15) is 5.56 Å². The molecule has 2 aromatic carbocycles. The summed E-state index contributed by atoms with van der Waals surface area (Å²) in [6.45, 7) is 0. The lowest BCUT2D eigenvalue weighted by Gasteiger charge is -2.13. The van der Waals surface area contributed by atoms with E-state index in [4.69, 9.17) is 23.2 Å². The highest BCUT2D eigenvalue weighted by Gasteiger charge is 2.16. The van der Waals surface area contributed by atoms with Crippen LogP contribution >= 0.6 is 35.0 Å². The summed E-state index contributed by atoms with van der Waals surface area (Å²) in [7, 11) is 0. The molecule has 7 heteroatoms. The highest BCUT2D eigenvalue weighted by atomic mass is 35.5. The Bertz CT molecular complexity index is 955. The van der Waals surface area contributed by atoms with E-state index in [0.717, 1.165) is 5.56 Å². The molecule has 0 spiro atoms. The number of hydrogen-bond donors (Lipinski definition) is 1. The first-order chi connectivity index (χ1) is 12.1. The molecule has 0 aliphatic rings. The molecule has 0 atom stereocenters. The van der Waals surface area contributed by atoms with Crippen molar-refractivity contribution in [1.29, 1.82) is 5.26 Å². The Morgan fingerprint density at radius 3 is 2.48 bits per heavy atom. The van der Waals surface area contributed by atoms with Gasteiger partial charge in [-0.3, -0.25) is 0 Å². The first kappa shape index (κ1) is 17.6. The van der Waals surface area contributed by atoms with Crippen molar-refractivity contribution in [2.24, 2.45) is 0 Å². The first-order valence-corrected chi connectivity index (χ1v) is 9.24. The number of nitrogens with one attached hydrogen (secondary N) is 1. The van der Waals surface area contributed by atoms with Crippen LogP contribution in [0.5, 0.6) is 0 Å². The summed E-state index contributed by atoms with van der Waals surface area (Å²) in [4.78, 5) is 9.04. The average Bonchev–Trinajstić information content (AvgIpc) is 2.64. The molecular weight excluding hydrogens is 375 g/mol. The summed E-state index contributed by atoms with van der Waals surface area (Å²) in [6.07, 6.45) is 1.87. The van der Waals surface area contributed by atoms with Gasteiger partial charge in [-0.15, -0.1) is 11.8 Å². The van der Waals surface area contributed by atoms with Crippen molar-refractivity contribution in [3.63, 3.8) is 0 Å². The lowest BCUT2D eigenvalue weighted by Crippen LogP contribution is -2.03. The number of nitrogens with zero attached hydrogens (tertiary/aromatic N) is 3. The number of aromatic nitrogens is 2. The molecule has 0 unspecified atom stereocenters. The fraction of sp³-hybridized carbons (Fsp3) is 0.0556. The van der Waals surface area contributed by atoms with Crippen molar-refractivity contribution in [3.05, 3.63) is 64.1 Å². The van der Waals surface area contributed by atoms with Crippen LogP contribution in [-0.2, 0) is 0 Å². The summed E-state index contributed by atoms with van der Waals surface area (Å²) in [5.41, 5.74) is 1.86. The van der Waals surface area contributed by atoms with Crippen LogP contribution in [0.3, 0.4) is 0 Å². The zero-order valence-electron chi connectivity index (χ0n) is 13.1. The predicted octanol–water partition coefficient (Wildman–Crippen LogP) is 5.79. The van der Waals surface area contributed by atoms with Crippen molar-refractivity contribution in [2.75, 3.05) is 11.6 Å². The number of rotatable bonds is 4. The number of nitriles is 1. The Balaban J connectivity index is 2.12. The number of benzene rings is 2. The number of thioether (sulfide) groups is 1. The Morgan fingerprint density at radius 1 is 1.08 bits per heavy atom. The van der Waals surface area contributed by atoms with Crippen molar-refractivity contribution in [2.45, 2.75) is 5.03 Å². The van der Waals surface area contributed by atoms with E-state index in [1.807, 2.05) is 36.6 Å². The minimum Gasteiger partial charge on any atom is -0.338 e. The number of halogens is 2. The quantitative estimate of drug-likeness (QED) is 0.454. The zero-order chi connectivity index (χ0) is 17.8. The largest absolute Gasteiger partial charge is 0.338 e. The van der Waals surface area contributed by atoms with Gasteiger partial charge in [0.2, 0.25) is 0 Å². The van der Waals surface area contributed by atoms with Crippen LogP contribution in [0.25, 0.3) is 11.4 Å². The first-order valence-electron chi connectivity index (χ1n) is 7.26. The van der Waals surface area contributed by atoms with Gasteiger partial charge in [-0.1, -0.05) is 53.5 Å². The number of anilines is 2. The average molecular weight is 387 g/mol. The highest BCUT2D eigenvalue weighted by molar-refractivity contribution is 7.98. The summed E-state index contributed by atoms with van der Waals surface area (Å²) in [5, 5.41) is 14.3. The summed E-state index contributed by atoms with van der Waals surface area (Å²) >= 11 is 13.6. The topological polar surface area (TPSA) is 61.6 Å². The van der Waals surface area contributed by atoms with Crippen LogP contribution in [0.15, 0.2) is 53.6 Å². The lowest BCUT2D eigenvalue weighted by atomic mass is 10.2. The third kappa shape index (κ3) is 3.88. The smallest absolute Gasteiger partial charge is 0.162 e. The third-order valence-electron chi connectivity index (χ3n) is 3.40. The molecule has 0 saturated carbocycles. The summed E-state index contributed by atoms with van der Waals surface area (Å²) in [5.74, 6) is 0.946.